The third kappa shape index (κ3) is 4.28. The van der Waals surface area contributed by atoms with E-state index in [2.05, 4.69) is 0 Å². The standard InChI is InChI=1S/C11H18N2O2S/c1-9(8-14)16-6-2-5-13-7-10(12)3-4-11(13)15/h3-4,7,9,14H,2,5-6,8,12H2,1H3. The minimum absolute atomic E-state index is 0.0191. The Morgan fingerprint density at radius 3 is 3.00 bits per heavy atom. The monoisotopic (exact) mass is 242 g/mol. The third-order valence-corrected chi connectivity index (χ3v) is 3.45. The summed E-state index contributed by atoms with van der Waals surface area (Å²) in [5.74, 6) is 0.933. The van der Waals surface area contributed by atoms with Crippen LogP contribution in [-0.2, 0) is 6.54 Å². The zero-order valence-electron chi connectivity index (χ0n) is 9.43. The Balaban J connectivity index is 2.37. The second kappa shape index (κ2) is 6.60. The van der Waals surface area contributed by atoms with E-state index in [0.29, 0.717) is 12.2 Å². The first-order valence-electron chi connectivity index (χ1n) is 5.32. The average molecular weight is 242 g/mol. The van der Waals surface area contributed by atoms with E-state index in [1.54, 1.807) is 28.6 Å². The van der Waals surface area contributed by atoms with Crippen LogP contribution in [-0.4, -0.2) is 27.3 Å². The lowest BCUT2D eigenvalue weighted by Gasteiger charge is -2.08. The summed E-state index contributed by atoms with van der Waals surface area (Å²) in [5, 5.41) is 9.10. The van der Waals surface area contributed by atoms with Gasteiger partial charge < -0.3 is 15.4 Å². The van der Waals surface area contributed by atoms with Crippen LogP contribution >= 0.6 is 11.8 Å². The molecule has 0 amide bonds. The number of aryl methyl sites for hydroxylation is 1. The number of nitrogens with zero attached hydrogens (tertiary/aromatic N) is 1. The molecule has 1 aromatic heterocycles. The maximum Gasteiger partial charge on any atom is 0.250 e. The Morgan fingerprint density at radius 2 is 2.31 bits per heavy atom. The molecular weight excluding hydrogens is 224 g/mol. The van der Waals surface area contributed by atoms with Crippen molar-refractivity contribution in [3.05, 3.63) is 28.7 Å². The van der Waals surface area contributed by atoms with Crippen molar-refractivity contribution in [1.29, 1.82) is 0 Å². The highest BCUT2D eigenvalue weighted by atomic mass is 32.2. The molecule has 0 aliphatic rings. The second-order valence-corrected chi connectivity index (χ2v) is 5.26. The molecule has 0 aromatic carbocycles. The molecular formula is C11H18N2O2S. The van der Waals surface area contributed by atoms with E-state index < -0.39 is 0 Å². The number of aromatic nitrogens is 1. The molecule has 1 unspecified atom stereocenters. The van der Waals surface area contributed by atoms with Gasteiger partial charge >= 0.3 is 0 Å². The summed E-state index contributed by atoms with van der Waals surface area (Å²) in [6, 6.07) is 3.10. The second-order valence-electron chi connectivity index (χ2n) is 3.71. The van der Waals surface area contributed by atoms with Crippen LogP contribution in [0.4, 0.5) is 5.69 Å². The molecule has 1 aromatic rings. The fourth-order valence-electron chi connectivity index (χ4n) is 1.30. The van der Waals surface area contributed by atoms with Crippen LogP contribution in [0, 0.1) is 0 Å². The van der Waals surface area contributed by atoms with Crippen molar-refractivity contribution in [1.82, 2.24) is 4.57 Å². The zero-order chi connectivity index (χ0) is 12.0. The van der Waals surface area contributed by atoms with E-state index in [1.165, 1.54) is 6.07 Å². The van der Waals surface area contributed by atoms with Gasteiger partial charge in [-0.05, 0) is 18.2 Å². The van der Waals surface area contributed by atoms with Gasteiger partial charge in [0.05, 0.1) is 6.61 Å². The van der Waals surface area contributed by atoms with Crippen molar-refractivity contribution in [3.8, 4) is 0 Å². The van der Waals surface area contributed by atoms with Gasteiger partial charge in [-0.25, -0.2) is 0 Å². The van der Waals surface area contributed by atoms with Crippen molar-refractivity contribution < 1.29 is 5.11 Å². The fourth-order valence-corrected chi connectivity index (χ4v) is 2.10. The normalized spacial score (nSPS) is 12.6. The highest BCUT2D eigenvalue weighted by Crippen LogP contribution is 2.11. The molecule has 0 aliphatic heterocycles. The number of nitrogen functional groups attached to an aromatic ring is 1. The first-order chi connectivity index (χ1) is 7.63. The van der Waals surface area contributed by atoms with E-state index >= 15 is 0 Å². The summed E-state index contributed by atoms with van der Waals surface area (Å²) in [4.78, 5) is 11.4. The molecule has 0 saturated carbocycles. The van der Waals surface area contributed by atoms with E-state index in [0.717, 1.165) is 12.2 Å². The third-order valence-electron chi connectivity index (χ3n) is 2.21. The van der Waals surface area contributed by atoms with Gasteiger partial charge in [0.15, 0.2) is 0 Å². The quantitative estimate of drug-likeness (QED) is 0.728. The minimum atomic E-state index is -0.0191. The summed E-state index contributed by atoms with van der Waals surface area (Å²) in [6.45, 7) is 2.86. The largest absolute Gasteiger partial charge is 0.398 e. The number of anilines is 1. The van der Waals surface area contributed by atoms with Gasteiger partial charge in [0, 0.05) is 29.7 Å². The molecule has 16 heavy (non-hydrogen) atoms. The van der Waals surface area contributed by atoms with E-state index in [-0.39, 0.29) is 17.4 Å². The minimum Gasteiger partial charge on any atom is -0.398 e. The van der Waals surface area contributed by atoms with Gasteiger partial charge in [-0.1, -0.05) is 6.92 Å². The first kappa shape index (κ1) is 13.1. The highest BCUT2D eigenvalue weighted by molar-refractivity contribution is 7.99. The van der Waals surface area contributed by atoms with Gasteiger partial charge in [0.2, 0.25) is 0 Å². The van der Waals surface area contributed by atoms with E-state index in [1.807, 2.05) is 6.92 Å². The topological polar surface area (TPSA) is 68.2 Å². The van der Waals surface area contributed by atoms with E-state index in [9.17, 15) is 4.79 Å². The predicted molar refractivity (Wildman–Crippen MR) is 68.7 cm³/mol. The van der Waals surface area contributed by atoms with Gasteiger partial charge in [0.1, 0.15) is 0 Å². The van der Waals surface area contributed by atoms with Gasteiger partial charge in [-0.15, -0.1) is 0 Å². The summed E-state index contributed by atoms with van der Waals surface area (Å²) >= 11 is 1.71. The summed E-state index contributed by atoms with van der Waals surface area (Å²) in [6.07, 6.45) is 2.57. The maximum absolute atomic E-state index is 11.4. The number of nitrogens with two attached hydrogens (primary N) is 1. The highest BCUT2D eigenvalue weighted by Gasteiger charge is 2.00. The first-order valence-corrected chi connectivity index (χ1v) is 6.37. The van der Waals surface area contributed by atoms with Gasteiger partial charge in [0.25, 0.3) is 5.56 Å². The van der Waals surface area contributed by atoms with Crippen molar-refractivity contribution >= 4 is 17.4 Å². The van der Waals surface area contributed by atoms with Crippen LogP contribution in [0.3, 0.4) is 0 Å². The molecule has 4 nitrogen and oxygen atoms in total. The molecule has 0 spiro atoms. The van der Waals surface area contributed by atoms with Crippen molar-refractivity contribution in [2.75, 3.05) is 18.1 Å². The van der Waals surface area contributed by atoms with Crippen LogP contribution in [0.25, 0.3) is 0 Å². The fraction of sp³-hybridized carbons (Fsp3) is 0.545. The molecule has 0 radical (unpaired) electrons. The van der Waals surface area contributed by atoms with Crippen molar-refractivity contribution in [2.24, 2.45) is 0 Å². The molecule has 1 atom stereocenters. The number of thioether (sulfide) groups is 1. The zero-order valence-corrected chi connectivity index (χ0v) is 10.2. The Hall–Kier alpha value is -0.940. The van der Waals surface area contributed by atoms with Gasteiger partial charge in [-0.2, -0.15) is 11.8 Å². The summed E-state index contributed by atoms with van der Waals surface area (Å²) in [5.41, 5.74) is 6.19. The van der Waals surface area contributed by atoms with Crippen LogP contribution in [0.5, 0.6) is 0 Å². The van der Waals surface area contributed by atoms with Crippen LogP contribution in [0.15, 0.2) is 23.1 Å². The molecule has 5 heteroatoms. The Kier molecular flexibility index (Phi) is 5.42. The Labute approximate surface area is 99.5 Å². The molecule has 3 N–H and O–H groups in total. The van der Waals surface area contributed by atoms with Crippen molar-refractivity contribution in [3.63, 3.8) is 0 Å². The van der Waals surface area contributed by atoms with Crippen molar-refractivity contribution in [2.45, 2.75) is 25.1 Å². The van der Waals surface area contributed by atoms with Gasteiger partial charge in [-0.3, -0.25) is 4.79 Å². The molecule has 1 rings (SSSR count). The molecule has 1 heterocycles. The number of aliphatic hydroxyl groups is 1. The maximum atomic E-state index is 11.4. The summed E-state index contributed by atoms with van der Waals surface area (Å²) in [7, 11) is 0. The SMILES string of the molecule is CC(CO)SCCCn1cc(N)ccc1=O. The smallest absolute Gasteiger partial charge is 0.250 e. The molecule has 0 saturated heterocycles. The Bertz CT molecular complexity index is 378. The lowest BCUT2D eigenvalue weighted by Crippen LogP contribution is -2.19. The van der Waals surface area contributed by atoms with Crippen LogP contribution in [0.2, 0.25) is 0 Å². The van der Waals surface area contributed by atoms with E-state index in [4.69, 9.17) is 10.8 Å². The molecule has 90 valence electrons. The lowest BCUT2D eigenvalue weighted by molar-refractivity contribution is 0.300. The number of hydrogen-bond donors (Lipinski definition) is 2. The molecule has 0 fully saturated rings. The average Bonchev–Trinajstić information content (AvgIpc) is 2.28. The Morgan fingerprint density at radius 1 is 1.56 bits per heavy atom. The molecule has 0 aliphatic carbocycles. The predicted octanol–water partition coefficient (Wildman–Crippen LogP) is 0.935. The summed E-state index contributed by atoms with van der Waals surface area (Å²) < 4.78 is 1.62. The van der Waals surface area contributed by atoms with Crippen LogP contribution in [0.1, 0.15) is 13.3 Å². The number of aliphatic hydroxyl groups excluding tert-OH is 1. The number of pyridine rings is 1. The molecule has 0 bridgehead atoms. The van der Waals surface area contributed by atoms with Crippen LogP contribution < -0.4 is 11.3 Å². The number of rotatable bonds is 6. The number of hydrogen-bond acceptors (Lipinski definition) is 4. The lowest BCUT2D eigenvalue weighted by atomic mass is 10.4.